The molecule has 9 heavy (non-hydrogen) atoms. The van der Waals surface area contributed by atoms with Gasteiger partial charge in [0.25, 0.3) is 5.97 Å². The molecule has 6 heteroatoms. The summed E-state index contributed by atoms with van der Waals surface area (Å²) in [7, 11) is 0. The Morgan fingerprint density at radius 3 is 1.67 bits per heavy atom. The van der Waals surface area contributed by atoms with Crippen molar-refractivity contribution < 1.29 is 12.8 Å². The molecule has 0 heterocycles. The topological polar surface area (TPSA) is 113 Å². The predicted molar refractivity (Wildman–Crippen MR) is 37.4 cm³/mol. The summed E-state index contributed by atoms with van der Waals surface area (Å²) in [6.07, 6.45) is 0. The van der Waals surface area contributed by atoms with Crippen LogP contribution in [-0.2, 0) is 4.79 Å². The molecule has 0 aromatic carbocycles. The summed E-state index contributed by atoms with van der Waals surface area (Å²) in [5.74, 6) is -1.17. The smallest absolute Gasteiger partial charge is 1.00 e. The number of hydrogen-bond acceptors (Lipinski definition) is 2. The fraction of sp³-hybridized carbons (Fsp3) is 0.333. The maximum atomic E-state index is 9.00. The van der Waals surface area contributed by atoms with Gasteiger partial charge in [0.1, 0.15) is 0 Å². The van der Waals surface area contributed by atoms with Gasteiger partial charge in [0.15, 0.2) is 5.96 Å². The maximum absolute atomic E-state index is 9.00. The van der Waals surface area contributed by atoms with Crippen molar-refractivity contribution in [3.05, 3.63) is 0 Å². The number of nitrogens with two attached hydrogens (primary N) is 2. The van der Waals surface area contributed by atoms with Gasteiger partial charge in [-0.2, -0.15) is 0 Å². The number of aliphatic carboxylic acids is 1. The van der Waals surface area contributed by atoms with Crippen LogP contribution in [0.2, 0.25) is 0 Å². The van der Waals surface area contributed by atoms with Gasteiger partial charge in [-0.05, 0) is 0 Å². The Morgan fingerprint density at radius 2 is 1.67 bits per heavy atom. The van der Waals surface area contributed by atoms with Gasteiger partial charge in [0.2, 0.25) is 0 Å². The summed E-state index contributed by atoms with van der Waals surface area (Å²) in [6.45, 7) is 1.08. The van der Waals surface area contributed by atoms with Crippen molar-refractivity contribution >= 4 is 49.7 Å². The van der Waals surface area contributed by atoms with Crippen LogP contribution in [0.1, 0.15) is 9.78 Å². The van der Waals surface area contributed by atoms with E-state index in [-0.39, 0.29) is 46.6 Å². The molecule has 0 bridgehead atoms. The van der Waals surface area contributed by atoms with Crippen LogP contribution in [0.3, 0.4) is 0 Å². The van der Waals surface area contributed by atoms with Crippen LogP contribution in [-0.4, -0.2) is 54.8 Å². The molecule has 0 aliphatic carbocycles. The summed E-state index contributed by atoms with van der Waals surface area (Å²) in [6, 6.07) is 0. The van der Waals surface area contributed by atoms with Crippen LogP contribution in [0.5, 0.6) is 0 Å². The van der Waals surface area contributed by atoms with E-state index in [1.54, 1.807) is 0 Å². The summed E-state index contributed by atoms with van der Waals surface area (Å²) in [5, 5.41) is 13.5. The first-order valence-corrected chi connectivity index (χ1v) is 1.76. The third-order valence-electron chi connectivity index (χ3n) is 0. The second kappa shape index (κ2) is 10.9. The quantitative estimate of drug-likeness (QED) is 0.202. The van der Waals surface area contributed by atoms with Crippen LogP contribution in [0.25, 0.3) is 0 Å². The van der Waals surface area contributed by atoms with Gasteiger partial charge in [-0.25, -0.2) is 0 Å². The van der Waals surface area contributed by atoms with Gasteiger partial charge >= 0.3 is 37.7 Å². The number of hydrogen-bond donors (Lipinski definition) is 4. The van der Waals surface area contributed by atoms with Crippen molar-refractivity contribution in [2.75, 3.05) is 0 Å². The second-order valence-electron chi connectivity index (χ2n) is 0.974. The monoisotopic (exact) mass is 161 g/mol. The minimum absolute atomic E-state index is 0. The molecule has 0 fully saturated rings. The van der Waals surface area contributed by atoms with Crippen LogP contribution in [0.15, 0.2) is 0 Å². The maximum Gasteiger partial charge on any atom is 2.00 e. The van der Waals surface area contributed by atoms with E-state index in [0.717, 1.165) is 6.92 Å². The van der Waals surface area contributed by atoms with E-state index in [2.05, 4.69) is 11.5 Å². The molecular weight excluding hydrogens is 150 g/mol. The molecule has 52 valence electrons. The average Bonchev–Trinajstić information content (AvgIpc) is 1.25. The molecule has 0 amide bonds. The fourth-order valence-corrected chi connectivity index (χ4v) is 0. The molecular formula is C3H11CaN3O2. The van der Waals surface area contributed by atoms with Gasteiger partial charge in [0, 0.05) is 6.92 Å². The molecule has 0 aliphatic rings. The molecule has 0 saturated heterocycles. The molecule has 0 spiro atoms. The summed E-state index contributed by atoms with van der Waals surface area (Å²) in [4.78, 5) is 9.00. The number of rotatable bonds is 0. The standard InChI is InChI=1S/C2H4O2.CH5N3.Ca.2H/c1-2(3)4;2-1(3)4;;;/h1H3,(H,3,4);(H5,2,3,4);;;/q;;+2;2*-1. The van der Waals surface area contributed by atoms with Crippen LogP contribution in [0.4, 0.5) is 0 Å². The average molecular weight is 161 g/mol. The minimum Gasteiger partial charge on any atom is -1.00 e. The molecule has 6 N–H and O–H groups in total. The molecule has 0 aromatic rings. The van der Waals surface area contributed by atoms with Crippen LogP contribution < -0.4 is 11.5 Å². The zero-order chi connectivity index (χ0) is 7.15. The minimum atomic E-state index is -0.833. The molecule has 0 rings (SSSR count). The second-order valence-corrected chi connectivity index (χ2v) is 0.974. The number of nitrogens with one attached hydrogen (secondary N) is 1. The van der Waals surface area contributed by atoms with E-state index < -0.39 is 5.97 Å². The Hall–Kier alpha value is -0.000260. The normalized spacial score (nSPS) is 5.44. The van der Waals surface area contributed by atoms with Crippen molar-refractivity contribution in [1.29, 1.82) is 5.41 Å². The Labute approximate surface area is 85.9 Å². The molecule has 0 saturated carbocycles. The summed E-state index contributed by atoms with van der Waals surface area (Å²) >= 11 is 0. The van der Waals surface area contributed by atoms with Gasteiger partial charge < -0.3 is 19.4 Å². The molecule has 5 nitrogen and oxygen atoms in total. The zero-order valence-electron chi connectivity index (χ0n) is 7.22. The van der Waals surface area contributed by atoms with Crippen molar-refractivity contribution in [3.63, 3.8) is 0 Å². The van der Waals surface area contributed by atoms with E-state index >= 15 is 0 Å². The van der Waals surface area contributed by atoms with Crippen molar-refractivity contribution in [1.82, 2.24) is 0 Å². The molecule has 0 aromatic heterocycles. The van der Waals surface area contributed by atoms with E-state index in [4.69, 9.17) is 15.3 Å². The van der Waals surface area contributed by atoms with Crippen LogP contribution >= 0.6 is 0 Å². The first-order valence-electron chi connectivity index (χ1n) is 1.76. The number of carboxylic acid groups (broad SMARTS) is 1. The van der Waals surface area contributed by atoms with Crippen molar-refractivity contribution in [3.8, 4) is 0 Å². The van der Waals surface area contributed by atoms with E-state index in [9.17, 15) is 0 Å². The molecule has 0 aliphatic heterocycles. The third-order valence-corrected chi connectivity index (χ3v) is 0. The van der Waals surface area contributed by atoms with Crippen LogP contribution in [0, 0.1) is 5.41 Å². The van der Waals surface area contributed by atoms with Crippen molar-refractivity contribution in [2.45, 2.75) is 6.92 Å². The molecule has 0 unspecified atom stereocenters. The number of carboxylic acids is 1. The van der Waals surface area contributed by atoms with E-state index in [1.807, 2.05) is 0 Å². The Balaban J connectivity index is -0.0000000171. The number of guanidine groups is 1. The van der Waals surface area contributed by atoms with Gasteiger partial charge in [-0.3, -0.25) is 10.2 Å². The van der Waals surface area contributed by atoms with Gasteiger partial charge in [0.05, 0.1) is 0 Å². The SMILES string of the molecule is CC(=O)O.N=C(N)N.[Ca+2].[H-].[H-]. The van der Waals surface area contributed by atoms with E-state index in [1.165, 1.54) is 0 Å². The Kier molecular flexibility index (Phi) is 19.4. The Bertz CT molecular complexity index is 82.6. The fourth-order valence-electron chi connectivity index (χ4n) is 0. The predicted octanol–water partition coefficient (Wildman–Crippen LogP) is -1.23. The van der Waals surface area contributed by atoms with E-state index in [0.29, 0.717) is 0 Å². The molecule has 0 atom stereocenters. The number of carbonyl (C=O) groups is 1. The van der Waals surface area contributed by atoms with Gasteiger partial charge in [-0.15, -0.1) is 0 Å². The summed E-state index contributed by atoms with van der Waals surface area (Å²) < 4.78 is 0. The summed E-state index contributed by atoms with van der Waals surface area (Å²) in [5.41, 5.74) is 8.94. The largest absolute Gasteiger partial charge is 2.00 e. The first kappa shape index (κ1) is 16.0. The zero-order valence-corrected chi connectivity index (χ0v) is 7.43. The first-order chi connectivity index (χ1) is 3.46. The Morgan fingerprint density at radius 1 is 1.67 bits per heavy atom. The third kappa shape index (κ3) is 4270000000. The molecule has 0 radical (unpaired) electrons. The van der Waals surface area contributed by atoms with Gasteiger partial charge in [-0.1, -0.05) is 0 Å². The van der Waals surface area contributed by atoms with Crippen molar-refractivity contribution in [2.24, 2.45) is 11.5 Å².